The molecule has 1 aliphatic heterocycles. The Morgan fingerprint density at radius 1 is 1.10 bits per heavy atom. The van der Waals surface area contributed by atoms with Crippen molar-refractivity contribution < 1.29 is 32.6 Å². The maximum Gasteiger partial charge on any atom is 0.416 e. The number of aromatic nitrogens is 2. The van der Waals surface area contributed by atoms with E-state index in [1.807, 2.05) is 0 Å². The van der Waals surface area contributed by atoms with Gasteiger partial charge in [-0.05, 0) is 50.6 Å². The Morgan fingerprint density at radius 2 is 1.77 bits per heavy atom. The van der Waals surface area contributed by atoms with Gasteiger partial charge in [0.1, 0.15) is 5.69 Å². The average molecular weight is 578 g/mol. The number of aryl methyl sites for hydroxylation is 1. The Kier molecular flexibility index (Phi) is 9.38. The van der Waals surface area contributed by atoms with Crippen molar-refractivity contribution in [2.45, 2.75) is 32.4 Å². The smallest absolute Gasteiger partial charge is 0.416 e. The molecule has 3 heterocycles. The van der Waals surface area contributed by atoms with Gasteiger partial charge in [-0.3, -0.25) is 19.2 Å². The number of nitrogens with zero attached hydrogens (tertiary/aromatic N) is 4. The lowest BCUT2D eigenvalue weighted by atomic mass is 10.1. The summed E-state index contributed by atoms with van der Waals surface area (Å²) in [5.41, 5.74) is 2.39. The van der Waals surface area contributed by atoms with Gasteiger partial charge in [0, 0.05) is 32.1 Å². The lowest BCUT2D eigenvalue weighted by Crippen LogP contribution is -2.36. The molecule has 40 heavy (non-hydrogen) atoms. The van der Waals surface area contributed by atoms with Crippen LogP contribution in [0.3, 0.4) is 0 Å². The second kappa shape index (κ2) is 12.7. The van der Waals surface area contributed by atoms with Gasteiger partial charge in [0.05, 0.1) is 34.2 Å². The SMILES string of the molecule is C/C(=N\NC(=O)c1ccc(C(=O)CCCCN2CCOCC2)s1)c1nn(C)c(-c2ccc(C(F)(F)F)cc2)c1O. The van der Waals surface area contributed by atoms with Crippen molar-refractivity contribution in [2.24, 2.45) is 12.1 Å². The van der Waals surface area contributed by atoms with Gasteiger partial charge in [0.25, 0.3) is 5.91 Å². The molecule has 0 aliphatic carbocycles. The van der Waals surface area contributed by atoms with Crippen LogP contribution in [0.1, 0.15) is 56.8 Å². The molecule has 2 aromatic heterocycles. The number of rotatable bonds is 10. The quantitative estimate of drug-likeness (QED) is 0.156. The van der Waals surface area contributed by atoms with Crippen LogP contribution in [-0.2, 0) is 18.0 Å². The second-order valence-electron chi connectivity index (χ2n) is 9.38. The van der Waals surface area contributed by atoms with Crippen molar-refractivity contribution in [1.29, 1.82) is 0 Å². The lowest BCUT2D eigenvalue weighted by Gasteiger charge is -2.26. The standard InChI is InChI=1S/C27H30F3N5O4S/c1-17(23-25(37)24(34(2)33-23)18-6-8-19(9-7-18)27(28,29)30)31-32-26(38)22-11-10-21(40-22)20(36)5-3-4-12-35-13-15-39-16-14-35/h6-11,37H,3-5,12-16H2,1-2H3,(H,32,38)/b31-17+. The summed E-state index contributed by atoms with van der Waals surface area (Å²) in [5, 5.41) is 19.0. The number of alkyl halides is 3. The van der Waals surface area contributed by atoms with E-state index in [1.165, 1.54) is 30.8 Å². The second-order valence-corrected chi connectivity index (χ2v) is 10.5. The molecule has 3 aromatic rings. The fourth-order valence-electron chi connectivity index (χ4n) is 4.32. The third kappa shape index (κ3) is 7.14. The summed E-state index contributed by atoms with van der Waals surface area (Å²) in [6.07, 6.45) is -2.39. The summed E-state index contributed by atoms with van der Waals surface area (Å²) in [6, 6.07) is 7.53. The van der Waals surface area contributed by atoms with E-state index >= 15 is 0 Å². The number of hydrogen-bond donors (Lipinski definition) is 2. The van der Waals surface area contributed by atoms with Gasteiger partial charge in [-0.1, -0.05) is 12.1 Å². The Balaban J connectivity index is 1.34. The number of hydrazone groups is 1. The Labute approximate surface area is 233 Å². The topological polar surface area (TPSA) is 109 Å². The average Bonchev–Trinajstić information content (AvgIpc) is 3.54. The van der Waals surface area contributed by atoms with Gasteiger partial charge < -0.3 is 9.84 Å². The van der Waals surface area contributed by atoms with Gasteiger partial charge in [-0.2, -0.15) is 23.4 Å². The van der Waals surface area contributed by atoms with Crippen LogP contribution in [0.4, 0.5) is 13.2 Å². The molecule has 0 saturated carbocycles. The summed E-state index contributed by atoms with van der Waals surface area (Å²) in [7, 11) is 1.54. The number of ketones is 1. The predicted molar refractivity (Wildman–Crippen MR) is 145 cm³/mol. The number of benzene rings is 1. The molecule has 0 atom stereocenters. The normalized spacial score (nSPS) is 14.9. The number of carbonyl (C=O) groups is 2. The molecule has 0 spiro atoms. The molecule has 1 amide bonds. The van der Waals surface area contributed by atoms with E-state index in [2.05, 4.69) is 20.5 Å². The van der Waals surface area contributed by atoms with Crippen molar-refractivity contribution in [2.75, 3.05) is 32.8 Å². The first kappa shape index (κ1) is 29.4. The Morgan fingerprint density at radius 3 is 2.45 bits per heavy atom. The molecular formula is C27H30F3N5O4S. The van der Waals surface area contributed by atoms with Gasteiger partial charge in [-0.15, -0.1) is 11.3 Å². The molecular weight excluding hydrogens is 547 g/mol. The number of aromatic hydroxyl groups is 1. The fraction of sp³-hybridized carbons (Fsp3) is 0.407. The minimum atomic E-state index is -4.47. The van der Waals surface area contributed by atoms with Crippen LogP contribution < -0.4 is 5.43 Å². The Hall–Kier alpha value is -3.55. The van der Waals surface area contributed by atoms with Gasteiger partial charge >= 0.3 is 6.18 Å². The third-order valence-corrected chi connectivity index (χ3v) is 7.64. The maximum atomic E-state index is 12.9. The highest BCUT2D eigenvalue weighted by molar-refractivity contribution is 7.16. The van der Waals surface area contributed by atoms with Crippen LogP contribution >= 0.6 is 11.3 Å². The van der Waals surface area contributed by atoms with Gasteiger partial charge in [0.15, 0.2) is 17.2 Å². The van der Waals surface area contributed by atoms with Crippen molar-refractivity contribution in [1.82, 2.24) is 20.1 Å². The van der Waals surface area contributed by atoms with Crippen molar-refractivity contribution in [3.8, 4) is 17.0 Å². The molecule has 214 valence electrons. The highest BCUT2D eigenvalue weighted by Gasteiger charge is 2.30. The summed E-state index contributed by atoms with van der Waals surface area (Å²) in [5.74, 6) is -0.815. The van der Waals surface area contributed by atoms with Crippen LogP contribution in [0, 0.1) is 0 Å². The van der Waals surface area contributed by atoms with E-state index < -0.39 is 17.6 Å². The van der Waals surface area contributed by atoms with Crippen molar-refractivity contribution in [3.05, 3.63) is 57.4 Å². The van der Waals surface area contributed by atoms with Crippen molar-refractivity contribution in [3.63, 3.8) is 0 Å². The van der Waals surface area contributed by atoms with E-state index in [1.54, 1.807) is 12.1 Å². The largest absolute Gasteiger partial charge is 0.504 e. The third-order valence-electron chi connectivity index (χ3n) is 6.51. The number of halogens is 3. The zero-order chi connectivity index (χ0) is 28.9. The molecule has 1 aromatic carbocycles. The number of carbonyl (C=O) groups excluding carboxylic acids is 2. The molecule has 0 unspecified atom stereocenters. The summed E-state index contributed by atoms with van der Waals surface area (Å²) in [6.45, 7) is 5.78. The van der Waals surface area contributed by atoms with Crippen LogP contribution in [-0.4, -0.2) is 70.0 Å². The number of Topliss-reactive ketones (excluding diaryl/α,β-unsaturated/α-hetero) is 1. The minimum absolute atomic E-state index is 0.0140. The predicted octanol–water partition coefficient (Wildman–Crippen LogP) is 4.71. The van der Waals surface area contributed by atoms with Gasteiger partial charge in [-0.25, -0.2) is 5.43 Å². The highest BCUT2D eigenvalue weighted by Crippen LogP contribution is 2.35. The summed E-state index contributed by atoms with van der Waals surface area (Å²) < 4.78 is 45.3. The Bertz CT molecular complexity index is 1380. The number of thiophene rings is 1. The van der Waals surface area contributed by atoms with Crippen LogP contribution in [0.15, 0.2) is 41.5 Å². The first-order valence-electron chi connectivity index (χ1n) is 12.8. The van der Waals surface area contributed by atoms with Crippen LogP contribution in [0.25, 0.3) is 11.3 Å². The molecule has 0 bridgehead atoms. The maximum absolute atomic E-state index is 12.9. The van der Waals surface area contributed by atoms with Gasteiger partial charge in [0.2, 0.25) is 0 Å². The molecule has 0 radical (unpaired) electrons. The first-order chi connectivity index (χ1) is 19.0. The summed E-state index contributed by atoms with van der Waals surface area (Å²) in [4.78, 5) is 28.3. The van der Waals surface area contributed by atoms with E-state index in [4.69, 9.17) is 4.74 Å². The number of unbranched alkanes of at least 4 members (excludes halogenated alkanes) is 1. The molecule has 13 heteroatoms. The van der Waals surface area contributed by atoms with E-state index in [-0.39, 0.29) is 28.6 Å². The number of nitrogens with one attached hydrogen (secondary N) is 1. The van der Waals surface area contributed by atoms with E-state index in [0.717, 1.165) is 69.2 Å². The monoisotopic (exact) mass is 577 g/mol. The molecule has 1 aliphatic rings. The lowest BCUT2D eigenvalue weighted by molar-refractivity contribution is -0.137. The zero-order valence-electron chi connectivity index (χ0n) is 22.1. The molecule has 2 N–H and O–H groups in total. The molecule has 1 saturated heterocycles. The number of hydrogen-bond acceptors (Lipinski definition) is 8. The minimum Gasteiger partial charge on any atom is -0.504 e. The fourth-order valence-corrected chi connectivity index (χ4v) is 5.18. The highest BCUT2D eigenvalue weighted by atomic mass is 32.1. The van der Waals surface area contributed by atoms with E-state index in [0.29, 0.717) is 21.7 Å². The number of morpholine rings is 1. The number of amides is 1. The number of ether oxygens (including phenoxy) is 1. The molecule has 9 nitrogen and oxygen atoms in total. The van der Waals surface area contributed by atoms with Crippen LogP contribution in [0.5, 0.6) is 5.75 Å². The van der Waals surface area contributed by atoms with Crippen molar-refractivity contribution >= 4 is 28.7 Å². The molecule has 1 fully saturated rings. The summed E-state index contributed by atoms with van der Waals surface area (Å²) >= 11 is 1.09. The van der Waals surface area contributed by atoms with E-state index in [9.17, 15) is 27.9 Å². The van der Waals surface area contributed by atoms with Crippen LogP contribution in [0.2, 0.25) is 0 Å². The zero-order valence-corrected chi connectivity index (χ0v) is 22.9. The first-order valence-corrected chi connectivity index (χ1v) is 13.6. The molecule has 4 rings (SSSR count).